The summed E-state index contributed by atoms with van der Waals surface area (Å²) >= 11 is 11.9. The highest BCUT2D eigenvalue weighted by Gasteiger charge is 2.28. The van der Waals surface area contributed by atoms with Crippen LogP contribution in [0.5, 0.6) is 0 Å². The summed E-state index contributed by atoms with van der Waals surface area (Å²) in [5, 5.41) is 2.98. The largest absolute Gasteiger partial charge is 0.344 e. The predicted octanol–water partition coefficient (Wildman–Crippen LogP) is 3.53. The van der Waals surface area contributed by atoms with E-state index >= 15 is 0 Å². The Morgan fingerprint density at radius 1 is 1.26 bits per heavy atom. The van der Waals surface area contributed by atoms with Crippen LogP contribution in [0, 0.1) is 0 Å². The second-order valence-corrected chi connectivity index (χ2v) is 5.73. The Kier molecular flexibility index (Phi) is 4.75. The lowest BCUT2D eigenvalue weighted by atomic mass is 9.99. The number of fused-ring (bicyclic) bond motifs is 1. The van der Waals surface area contributed by atoms with Crippen LogP contribution in [-0.2, 0) is 12.8 Å². The first kappa shape index (κ1) is 14.7. The standard InChI is InChI=1S/C15H19Cl2NO/c1-2-15(9-16,10-17)18-14(19)13-7-6-11-4-3-5-12(11)8-13/h6-8H,2-5,9-10H2,1H3,(H,18,19). The fourth-order valence-electron chi connectivity index (χ4n) is 2.41. The molecule has 0 radical (unpaired) electrons. The summed E-state index contributed by atoms with van der Waals surface area (Å²) in [7, 11) is 0. The minimum absolute atomic E-state index is 0.0853. The molecule has 104 valence electrons. The molecule has 0 fully saturated rings. The average molecular weight is 300 g/mol. The molecule has 0 unspecified atom stereocenters. The molecule has 4 heteroatoms. The lowest BCUT2D eigenvalue weighted by Crippen LogP contribution is -2.51. The van der Waals surface area contributed by atoms with Gasteiger partial charge in [0.05, 0.1) is 5.54 Å². The molecule has 1 amide bonds. The van der Waals surface area contributed by atoms with Crippen LogP contribution >= 0.6 is 23.2 Å². The molecule has 0 aliphatic heterocycles. The van der Waals surface area contributed by atoms with Gasteiger partial charge in [0.25, 0.3) is 5.91 Å². The number of nitrogens with one attached hydrogen (secondary N) is 1. The number of rotatable bonds is 5. The highest BCUT2D eigenvalue weighted by atomic mass is 35.5. The van der Waals surface area contributed by atoms with Crippen LogP contribution in [0.2, 0.25) is 0 Å². The van der Waals surface area contributed by atoms with Crippen LogP contribution in [0.1, 0.15) is 41.3 Å². The summed E-state index contributed by atoms with van der Waals surface area (Å²) in [5.74, 6) is 0.561. The molecular formula is C15H19Cl2NO. The highest BCUT2D eigenvalue weighted by molar-refractivity contribution is 6.22. The van der Waals surface area contributed by atoms with E-state index in [1.54, 1.807) is 0 Å². The Balaban J connectivity index is 2.16. The van der Waals surface area contributed by atoms with Gasteiger partial charge in [0.15, 0.2) is 0 Å². The molecule has 0 bridgehead atoms. The van der Waals surface area contributed by atoms with Gasteiger partial charge in [-0.3, -0.25) is 4.79 Å². The topological polar surface area (TPSA) is 29.1 Å². The van der Waals surface area contributed by atoms with Gasteiger partial charge >= 0.3 is 0 Å². The molecule has 19 heavy (non-hydrogen) atoms. The van der Waals surface area contributed by atoms with Gasteiger partial charge in [-0.2, -0.15) is 0 Å². The van der Waals surface area contributed by atoms with Crippen LogP contribution < -0.4 is 5.32 Å². The molecule has 0 atom stereocenters. The summed E-state index contributed by atoms with van der Waals surface area (Å²) in [6, 6.07) is 5.95. The highest BCUT2D eigenvalue weighted by Crippen LogP contribution is 2.23. The van der Waals surface area contributed by atoms with E-state index in [-0.39, 0.29) is 5.91 Å². The Bertz CT molecular complexity index is 461. The van der Waals surface area contributed by atoms with Gasteiger partial charge in [0, 0.05) is 17.3 Å². The molecule has 0 heterocycles. The van der Waals surface area contributed by atoms with E-state index in [1.807, 2.05) is 19.1 Å². The third-order valence-corrected chi connectivity index (χ3v) is 4.95. The van der Waals surface area contributed by atoms with E-state index in [1.165, 1.54) is 17.5 Å². The number of hydrogen-bond acceptors (Lipinski definition) is 1. The number of amides is 1. The van der Waals surface area contributed by atoms with E-state index in [0.29, 0.717) is 17.3 Å². The third kappa shape index (κ3) is 3.06. The van der Waals surface area contributed by atoms with Crippen LogP contribution in [0.25, 0.3) is 0 Å². The van der Waals surface area contributed by atoms with E-state index in [2.05, 4.69) is 11.4 Å². The minimum atomic E-state index is -0.515. The quantitative estimate of drug-likeness (QED) is 0.828. The van der Waals surface area contributed by atoms with Crippen molar-refractivity contribution in [2.45, 2.75) is 38.1 Å². The van der Waals surface area contributed by atoms with E-state index < -0.39 is 5.54 Å². The summed E-state index contributed by atoms with van der Waals surface area (Å²) < 4.78 is 0. The van der Waals surface area contributed by atoms with Gasteiger partial charge in [-0.15, -0.1) is 23.2 Å². The molecule has 2 rings (SSSR count). The lowest BCUT2D eigenvalue weighted by molar-refractivity contribution is 0.0913. The molecule has 1 aliphatic carbocycles. The van der Waals surface area contributed by atoms with Gasteiger partial charge < -0.3 is 5.32 Å². The maximum absolute atomic E-state index is 12.3. The molecule has 2 nitrogen and oxygen atoms in total. The van der Waals surface area contributed by atoms with Crippen LogP contribution in [-0.4, -0.2) is 23.2 Å². The number of alkyl halides is 2. The van der Waals surface area contributed by atoms with Crippen molar-refractivity contribution in [3.8, 4) is 0 Å². The molecule has 1 aliphatic rings. The summed E-state index contributed by atoms with van der Waals surface area (Å²) in [4.78, 5) is 12.3. The number of aryl methyl sites for hydroxylation is 2. The Hall–Kier alpha value is -0.730. The number of hydrogen-bond donors (Lipinski definition) is 1. The summed E-state index contributed by atoms with van der Waals surface area (Å²) in [6.07, 6.45) is 4.10. The average Bonchev–Trinajstić information content (AvgIpc) is 2.92. The second kappa shape index (κ2) is 6.15. The van der Waals surface area contributed by atoms with Gasteiger partial charge in [-0.05, 0) is 48.9 Å². The first-order valence-electron chi connectivity index (χ1n) is 6.70. The van der Waals surface area contributed by atoms with Gasteiger partial charge in [-0.1, -0.05) is 13.0 Å². The molecule has 1 aromatic rings. The smallest absolute Gasteiger partial charge is 0.251 e. The zero-order valence-corrected chi connectivity index (χ0v) is 12.7. The Morgan fingerprint density at radius 3 is 2.58 bits per heavy atom. The maximum atomic E-state index is 12.3. The van der Waals surface area contributed by atoms with Crippen molar-refractivity contribution in [1.82, 2.24) is 5.32 Å². The lowest BCUT2D eigenvalue weighted by Gasteiger charge is -2.29. The fraction of sp³-hybridized carbons (Fsp3) is 0.533. The van der Waals surface area contributed by atoms with Crippen molar-refractivity contribution in [3.05, 3.63) is 34.9 Å². The van der Waals surface area contributed by atoms with Crippen molar-refractivity contribution in [2.75, 3.05) is 11.8 Å². The molecule has 0 spiro atoms. The van der Waals surface area contributed by atoms with E-state index in [4.69, 9.17) is 23.2 Å². The Morgan fingerprint density at radius 2 is 1.95 bits per heavy atom. The molecule has 1 aromatic carbocycles. The summed E-state index contributed by atoms with van der Waals surface area (Å²) in [5.41, 5.74) is 2.85. The number of carbonyl (C=O) groups is 1. The summed E-state index contributed by atoms with van der Waals surface area (Å²) in [6.45, 7) is 1.98. The number of carbonyl (C=O) groups excluding carboxylic acids is 1. The Labute approximate surface area is 124 Å². The molecule has 1 N–H and O–H groups in total. The predicted molar refractivity (Wildman–Crippen MR) is 80.4 cm³/mol. The van der Waals surface area contributed by atoms with Crippen molar-refractivity contribution < 1.29 is 4.79 Å². The van der Waals surface area contributed by atoms with Crippen LogP contribution in [0.15, 0.2) is 18.2 Å². The van der Waals surface area contributed by atoms with Crippen LogP contribution in [0.3, 0.4) is 0 Å². The van der Waals surface area contributed by atoms with Gasteiger partial charge in [0.2, 0.25) is 0 Å². The van der Waals surface area contributed by atoms with Crippen LogP contribution in [0.4, 0.5) is 0 Å². The normalized spacial score (nSPS) is 14.3. The zero-order chi connectivity index (χ0) is 13.9. The monoisotopic (exact) mass is 299 g/mol. The van der Waals surface area contributed by atoms with Crippen molar-refractivity contribution in [1.29, 1.82) is 0 Å². The van der Waals surface area contributed by atoms with E-state index in [9.17, 15) is 4.79 Å². The fourth-order valence-corrected chi connectivity index (χ4v) is 3.20. The van der Waals surface area contributed by atoms with Crippen molar-refractivity contribution >= 4 is 29.1 Å². The molecule has 0 saturated carbocycles. The number of benzene rings is 1. The van der Waals surface area contributed by atoms with Gasteiger partial charge in [-0.25, -0.2) is 0 Å². The first-order chi connectivity index (χ1) is 9.14. The molecular weight excluding hydrogens is 281 g/mol. The van der Waals surface area contributed by atoms with E-state index in [0.717, 1.165) is 19.3 Å². The third-order valence-electron chi connectivity index (χ3n) is 3.93. The maximum Gasteiger partial charge on any atom is 0.251 e. The van der Waals surface area contributed by atoms with Crippen molar-refractivity contribution in [3.63, 3.8) is 0 Å². The molecule has 0 aromatic heterocycles. The second-order valence-electron chi connectivity index (χ2n) is 5.19. The zero-order valence-electron chi connectivity index (χ0n) is 11.1. The minimum Gasteiger partial charge on any atom is -0.344 e. The number of halogens is 2. The molecule has 0 saturated heterocycles. The first-order valence-corrected chi connectivity index (χ1v) is 7.77. The van der Waals surface area contributed by atoms with Crippen molar-refractivity contribution in [2.24, 2.45) is 0 Å². The van der Waals surface area contributed by atoms with Gasteiger partial charge in [0.1, 0.15) is 0 Å². The SMILES string of the molecule is CCC(CCl)(CCl)NC(=O)c1ccc2c(c1)CCC2.